The van der Waals surface area contributed by atoms with Crippen LogP contribution in [0.2, 0.25) is 0 Å². The van der Waals surface area contributed by atoms with E-state index in [2.05, 4.69) is 27.7 Å². The van der Waals surface area contributed by atoms with Gasteiger partial charge in [0.1, 0.15) is 0 Å². The monoisotopic (exact) mass is 647 g/mol. The van der Waals surface area contributed by atoms with Crippen LogP contribution in [0, 0.1) is 88.3 Å². The van der Waals surface area contributed by atoms with Crippen molar-refractivity contribution in [3.63, 3.8) is 0 Å². The second kappa shape index (κ2) is 14.5. The fourth-order valence-corrected chi connectivity index (χ4v) is 13.4. The topological polar surface area (TPSA) is 99.4 Å². The van der Waals surface area contributed by atoms with Gasteiger partial charge in [0, 0.05) is 32.2 Å². The largest absolute Gasteiger partial charge is 0.393 e. The number of methoxy groups -OCH3 is 1. The van der Waals surface area contributed by atoms with Crippen molar-refractivity contribution in [1.29, 1.82) is 0 Å². The molecule has 6 aliphatic carbocycles. The zero-order chi connectivity index (χ0) is 32.9. The molecule has 6 aliphatic rings. The van der Waals surface area contributed by atoms with Gasteiger partial charge < -0.3 is 29.9 Å². The quantitative estimate of drug-likeness (QED) is 0.214. The van der Waals surface area contributed by atoms with Gasteiger partial charge in [-0.25, -0.2) is 0 Å². The summed E-state index contributed by atoms with van der Waals surface area (Å²) >= 11 is 0. The first-order chi connectivity index (χ1) is 21.9. The Morgan fingerprint density at radius 3 is 1.96 bits per heavy atom. The zero-order valence-electron chi connectivity index (χ0n) is 30.1. The molecule has 0 radical (unpaired) electrons. The number of ether oxygens (including phenoxy) is 2. The Kier molecular flexibility index (Phi) is 11.3. The molecule has 0 aliphatic heterocycles. The zero-order valence-corrected chi connectivity index (χ0v) is 30.1. The third kappa shape index (κ3) is 6.52. The van der Waals surface area contributed by atoms with E-state index < -0.39 is 18.5 Å². The van der Waals surface area contributed by atoms with Gasteiger partial charge in [-0.3, -0.25) is 0 Å². The normalized spacial score (nSPS) is 52.6. The highest BCUT2D eigenvalue weighted by Crippen LogP contribution is 2.65. The molecule has 0 spiro atoms. The van der Waals surface area contributed by atoms with Gasteiger partial charge in [0.15, 0.2) is 6.29 Å². The summed E-state index contributed by atoms with van der Waals surface area (Å²) in [7, 11) is 1.60. The summed E-state index contributed by atoms with van der Waals surface area (Å²) in [5.74, 6) is 6.49. The summed E-state index contributed by atoms with van der Waals surface area (Å²) in [4.78, 5) is 0. The number of hydrogen-bond acceptors (Lipinski definition) is 6. The lowest BCUT2D eigenvalue weighted by Gasteiger charge is -2.65. The van der Waals surface area contributed by atoms with Crippen LogP contribution in [0.3, 0.4) is 0 Å². The lowest BCUT2D eigenvalue weighted by atomic mass is 9.41. The van der Waals surface area contributed by atoms with Crippen molar-refractivity contribution in [2.24, 2.45) is 88.3 Å². The average Bonchev–Trinajstić information content (AvgIpc) is 3.03. The predicted molar refractivity (Wildman–Crippen MR) is 182 cm³/mol. The highest BCUT2D eigenvalue weighted by molar-refractivity contribution is 5.12. The Labute approximate surface area is 280 Å². The number of hydrogen-bond donors (Lipinski definition) is 4. The van der Waals surface area contributed by atoms with E-state index in [0.717, 1.165) is 63.6 Å². The molecule has 0 heterocycles. The third-order valence-corrected chi connectivity index (χ3v) is 16.2. The van der Waals surface area contributed by atoms with Crippen LogP contribution in [-0.4, -0.2) is 65.4 Å². The highest BCUT2D eigenvalue weighted by atomic mass is 16.6. The second-order valence-corrected chi connectivity index (χ2v) is 18.3. The van der Waals surface area contributed by atoms with Gasteiger partial charge in [0.05, 0.1) is 18.3 Å². The van der Waals surface area contributed by atoms with Crippen LogP contribution in [0.5, 0.6) is 0 Å². The maximum absolute atomic E-state index is 12.3. The third-order valence-electron chi connectivity index (χ3n) is 16.2. The minimum absolute atomic E-state index is 0.0802. The van der Waals surface area contributed by atoms with Crippen LogP contribution >= 0.6 is 0 Å². The first-order valence-electron chi connectivity index (χ1n) is 19.8. The number of rotatable bonds is 8. The van der Waals surface area contributed by atoms with E-state index in [1.807, 2.05) is 6.92 Å². The fraction of sp³-hybridized carbons (Fsp3) is 1.00. The Balaban J connectivity index is 1.04. The van der Waals surface area contributed by atoms with Crippen LogP contribution in [0.15, 0.2) is 0 Å². The van der Waals surface area contributed by atoms with E-state index in [1.54, 1.807) is 7.11 Å². The molecular weight excluding hydrogens is 576 g/mol. The van der Waals surface area contributed by atoms with Gasteiger partial charge >= 0.3 is 0 Å². The fourth-order valence-electron chi connectivity index (χ4n) is 13.4. The molecule has 46 heavy (non-hydrogen) atoms. The SMILES string of the molecule is COC(O)C1CCC(COCC2CCC(C3CCC(C)C4C(O)C5C(CC34)CC3CC(C)C(C(C)O)C(O)C3(C)C5C)CC2)CC1. The van der Waals surface area contributed by atoms with Gasteiger partial charge in [-0.05, 0) is 160 Å². The van der Waals surface area contributed by atoms with Crippen molar-refractivity contribution in [1.82, 2.24) is 0 Å². The van der Waals surface area contributed by atoms with Crippen LogP contribution in [0.1, 0.15) is 118 Å². The van der Waals surface area contributed by atoms with E-state index in [9.17, 15) is 20.4 Å². The number of fused-ring (bicyclic) bond motifs is 3. The molecule has 0 saturated heterocycles. The lowest BCUT2D eigenvalue weighted by Crippen LogP contribution is -2.65. The van der Waals surface area contributed by atoms with Crippen molar-refractivity contribution >= 4 is 0 Å². The molecule has 0 bridgehead atoms. The summed E-state index contributed by atoms with van der Waals surface area (Å²) in [6.45, 7) is 12.9. The molecule has 6 saturated carbocycles. The summed E-state index contributed by atoms with van der Waals surface area (Å²) in [6, 6.07) is 0. The lowest BCUT2D eigenvalue weighted by molar-refractivity contribution is -0.227. The van der Waals surface area contributed by atoms with Crippen molar-refractivity contribution in [2.75, 3.05) is 20.3 Å². The first-order valence-corrected chi connectivity index (χ1v) is 19.8. The smallest absolute Gasteiger partial charge is 0.156 e. The van der Waals surface area contributed by atoms with E-state index in [1.165, 1.54) is 44.9 Å². The summed E-state index contributed by atoms with van der Waals surface area (Å²) in [5, 5.41) is 44.8. The molecule has 4 N–H and O–H groups in total. The van der Waals surface area contributed by atoms with Gasteiger partial charge in [-0.1, -0.05) is 34.1 Å². The van der Waals surface area contributed by atoms with Crippen molar-refractivity contribution < 1.29 is 29.9 Å². The molecule has 6 rings (SSSR count). The molecule has 15 unspecified atom stereocenters. The van der Waals surface area contributed by atoms with Crippen molar-refractivity contribution in [3.8, 4) is 0 Å². The van der Waals surface area contributed by atoms with E-state index in [0.29, 0.717) is 47.3 Å². The van der Waals surface area contributed by atoms with Crippen molar-refractivity contribution in [2.45, 2.75) is 143 Å². The Morgan fingerprint density at radius 2 is 1.35 bits per heavy atom. The molecule has 6 heteroatoms. The summed E-state index contributed by atoms with van der Waals surface area (Å²) in [5.41, 5.74) is -0.243. The molecule has 15 atom stereocenters. The minimum atomic E-state index is -0.612. The Hall–Kier alpha value is -0.240. The minimum Gasteiger partial charge on any atom is -0.393 e. The maximum atomic E-state index is 12.3. The Morgan fingerprint density at radius 1 is 0.717 bits per heavy atom. The predicted octanol–water partition coefficient (Wildman–Crippen LogP) is 6.92. The van der Waals surface area contributed by atoms with Crippen LogP contribution in [-0.2, 0) is 9.47 Å². The van der Waals surface area contributed by atoms with Gasteiger partial charge in [0.25, 0.3) is 0 Å². The molecule has 6 nitrogen and oxygen atoms in total. The first kappa shape index (κ1) is 35.6. The van der Waals surface area contributed by atoms with E-state index in [4.69, 9.17) is 9.47 Å². The standard InChI is InChI=1S/C40H70O6/c1-22-7-16-32(28-12-8-26(9-13-28)20-46-21-27-10-14-29(15-11-27)39(44)45-6)33-19-30-18-31-17-23(2)34(25(4)41)38(43)40(31,5)24(3)36(30)37(42)35(22)33/h22-39,41-44H,7-21H2,1-6H3. The Bertz CT molecular complexity index is 973. The molecule has 0 aromatic rings. The average molecular weight is 647 g/mol. The second-order valence-electron chi connectivity index (χ2n) is 18.3. The molecule has 6 fully saturated rings. The summed E-state index contributed by atoms with van der Waals surface area (Å²) < 4.78 is 11.5. The number of aliphatic hydroxyl groups excluding tert-OH is 4. The van der Waals surface area contributed by atoms with Crippen LogP contribution in [0.25, 0.3) is 0 Å². The van der Waals surface area contributed by atoms with E-state index >= 15 is 0 Å². The molecular formula is C40H70O6. The van der Waals surface area contributed by atoms with Crippen LogP contribution < -0.4 is 0 Å². The maximum Gasteiger partial charge on any atom is 0.156 e. The van der Waals surface area contributed by atoms with Crippen LogP contribution in [0.4, 0.5) is 0 Å². The van der Waals surface area contributed by atoms with E-state index in [-0.39, 0.29) is 35.2 Å². The molecule has 0 aromatic heterocycles. The summed E-state index contributed by atoms with van der Waals surface area (Å²) in [6.07, 6.45) is 13.7. The van der Waals surface area contributed by atoms with Gasteiger partial charge in [-0.15, -0.1) is 0 Å². The number of aliphatic hydroxyl groups is 4. The molecule has 266 valence electrons. The van der Waals surface area contributed by atoms with Crippen molar-refractivity contribution in [3.05, 3.63) is 0 Å². The highest BCUT2D eigenvalue weighted by Gasteiger charge is 2.63. The van der Waals surface area contributed by atoms with Gasteiger partial charge in [-0.2, -0.15) is 0 Å². The molecule has 0 aromatic carbocycles. The van der Waals surface area contributed by atoms with Gasteiger partial charge in [0.2, 0.25) is 0 Å². The molecule has 0 amide bonds.